The maximum absolute atomic E-state index is 6.03. The quantitative estimate of drug-likeness (QED) is 0.499. The van der Waals surface area contributed by atoms with Gasteiger partial charge in [-0.15, -0.1) is 11.6 Å². The third-order valence-electron chi connectivity index (χ3n) is 2.93. The number of ether oxygens (including phenoxy) is 1. The van der Waals surface area contributed by atoms with E-state index in [-0.39, 0.29) is 0 Å². The van der Waals surface area contributed by atoms with Crippen LogP contribution in [0.4, 0.5) is 0 Å². The number of hydrogen-bond acceptors (Lipinski definition) is 1. The molecule has 0 fully saturated rings. The fourth-order valence-corrected chi connectivity index (χ4v) is 2.29. The number of benzene rings is 1. The van der Waals surface area contributed by atoms with Gasteiger partial charge >= 0.3 is 0 Å². The summed E-state index contributed by atoms with van der Waals surface area (Å²) in [6.07, 6.45) is 3.34. The van der Waals surface area contributed by atoms with E-state index in [1.807, 2.05) is 6.92 Å². The van der Waals surface area contributed by atoms with Crippen molar-refractivity contribution in [1.82, 2.24) is 0 Å². The molecular formula is C15H23ClO. The van der Waals surface area contributed by atoms with Crippen LogP contribution in [0.2, 0.25) is 0 Å². The monoisotopic (exact) mass is 254 g/mol. The van der Waals surface area contributed by atoms with Gasteiger partial charge in [0.2, 0.25) is 0 Å². The first-order chi connectivity index (χ1) is 8.26. The fraction of sp³-hybridized carbons (Fsp3) is 0.600. The van der Waals surface area contributed by atoms with E-state index in [0.29, 0.717) is 5.92 Å². The summed E-state index contributed by atoms with van der Waals surface area (Å²) in [6, 6.07) is 8.70. The highest BCUT2D eigenvalue weighted by Crippen LogP contribution is 2.16. The highest BCUT2D eigenvalue weighted by molar-refractivity contribution is 6.18. The van der Waals surface area contributed by atoms with Crippen LogP contribution >= 0.6 is 11.6 Å². The van der Waals surface area contributed by atoms with E-state index in [9.17, 15) is 0 Å². The van der Waals surface area contributed by atoms with Crippen molar-refractivity contribution in [2.24, 2.45) is 5.92 Å². The van der Waals surface area contributed by atoms with Gasteiger partial charge in [-0.05, 0) is 44.6 Å². The summed E-state index contributed by atoms with van der Waals surface area (Å²) >= 11 is 6.03. The standard InChI is InChI=1S/C15H23ClO/c1-3-17-9-5-8-15(12-16)11-14-7-4-6-13(2)10-14/h4,6-7,10,15H,3,5,8-9,11-12H2,1-2H3. The molecule has 17 heavy (non-hydrogen) atoms. The largest absolute Gasteiger partial charge is 0.382 e. The third kappa shape index (κ3) is 6.09. The Morgan fingerprint density at radius 1 is 1.35 bits per heavy atom. The Balaban J connectivity index is 2.35. The van der Waals surface area contributed by atoms with E-state index < -0.39 is 0 Å². The predicted molar refractivity (Wildman–Crippen MR) is 74.8 cm³/mol. The van der Waals surface area contributed by atoms with Gasteiger partial charge in [0.15, 0.2) is 0 Å². The van der Waals surface area contributed by atoms with Crippen molar-refractivity contribution in [3.8, 4) is 0 Å². The molecule has 0 bridgehead atoms. The van der Waals surface area contributed by atoms with Crippen LogP contribution in [0.5, 0.6) is 0 Å². The summed E-state index contributed by atoms with van der Waals surface area (Å²) in [5.41, 5.74) is 2.72. The Hall–Kier alpha value is -0.530. The van der Waals surface area contributed by atoms with Crippen LogP contribution in [0.25, 0.3) is 0 Å². The number of halogens is 1. The lowest BCUT2D eigenvalue weighted by Gasteiger charge is -2.14. The molecule has 1 nitrogen and oxygen atoms in total. The summed E-state index contributed by atoms with van der Waals surface area (Å²) in [6.45, 7) is 5.83. The van der Waals surface area contributed by atoms with Gasteiger partial charge in [0.1, 0.15) is 0 Å². The van der Waals surface area contributed by atoms with E-state index in [1.165, 1.54) is 11.1 Å². The molecule has 0 aliphatic rings. The zero-order valence-corrected chi connectivity index (χ0v) is 11.7. The SMILES string of the molecule is CCOCCCC(CCl)Cc1cccc(C)c1. The van der Waals surface area contributed by atoms with E-state index in [2.05, 4.69) is 31.2 Å². The van der Waals surface area contributed by atoms with Crippen LogP contribution in [-0.4, -0.2) is 19.1 Å². The molecule has 0 radical (unpaired) electrons. The lowest BCUT2D eigenvalue weighted by atomic mass is 9.96. The van der Waals surface area contributed by atoms with E-state index in [1.54, 1.807) is 0 Å². The Morgan fingerprint density at radius 3 is 2.82 bits per heavy atom. The van der Waals surface area contributed by atoms with Crippen molar-refractivity contribution < 1.29 is 4.74 Å². The molecule has 0 aliphatic heterocycles. The van der Waals surface area contributed by atoms with Crippen LogP contribution < -0.4 is 0 Å². The van der Waals surface area contributed by atoms with Crippen molar-refractivity contribution in [2.45, 2.75) is 33.1 Å². The first kappa shape index (κ1) is 14.5. The molecule has 0 spiro atoms. The van der Waals surface area contributed by atoms with Gasteiger partial charge in [-0.3, -0.25) is 0 Å². The molecule has 0 heterocycles. The Bertz CT molecular complexity index is 312. The van der Waals surface area contributed by atoms with E-state index >= 15 is 0 Å². The highest BCUT2D eigenvalue weighted by atomic mass is 35.5. The van der Waals surface area contributed by atoms with Crippen LogP contribution in [-0.2, 0) is 11.2 Å². The smallest absolute Gasteiger partial charge is 0.0466 e. The summed E-state index contributed by atoms with van der Waals surface area (Å²) < 4.78 is 5.35. The molecule has 1 aromatic carbocycles. The molecule has 96 valence electrons. The zero-order valence-electron chi connectivity index (χ0n) is 10.9. The molecule has 0 N–H and O–H groups in total. The normalized spacial score (nSPS) is 12.6. The summed E-state index contributed by atoms with van der Waals surface area (Å²) in [4.78, 5) is 0. The average Bonchev–Trinajstić information content (AvgIpc) is 2.33. The topological polar surface area (TPSA) is 9.23 Å². The minimum absolute atomic E-state index is 0.568. The summed E-state index contributed by atoms with van der Waals surface area (Å²) in [7, 11) is 0. The van der Waals surface area contributed by atoms with Gasteiger partial charge in [0.05, 0.1) is 0 Å². The molecule has 0 saturated carbocycles. The molecule has 1 aromatic rings. The molecule has 0 saturated heterocycles. The van der Waals surface area contributed by atoms with Crippen molar-refractivity contribution >= 4 is 11.6 Å². The molecule has 0 aromatic heterocycles. The maximum atomic E-state index is 6.03. The number of alkyl halides is 1. The molecule has 0 amide bonds. The Morgan fingerprint density at radius 2 is 2.18 bits per heavy atom. The fourth-order valence-electron chi connectivity index (χ4n) is 2.02. The van der Waals surface area contributed by atoms with Crippen LogP contribution in [0, 0.1) is 12.8 Å². The van der Waals surface area contributed by atoms with E-state index in [4.69, 9.17) is 16.3 Å². The van der Waals surface area contributed by atoms with Gasteiger partial charge in [0, 0.05) is 19.1 Å². The third-order valence-corrected chi connectivity index (χ3v) is 3.37. The first-order valence-electron chi connectivity index (χ1n) is 6.45. The Labute approximate surface area is 110 Å². The lowest BCUT2D eigenvalue weighted by molar-refractivity contribution is 0.140. The van der Waals surface area contributed by atoms with Gasteiger partial charge in [-0.25, -0.2) is 0 Å². The predicted octanol–water partition coefficient (Wildman–Crippen LogP) is 4.21. The minimum atomic E-state index is 0.568. The highest BCUT2D eigenvalue weighted by Gasteiger charge is 2.08. The molecule has 1 rings (SSSR count). The second kappa shape index (κ2) is 8.54. The van der Waals surface area contributed by atoms with Gasteiger partial charge in [0.25, 0.3) is 0 Å². The second-order valence-corrected chi connectivity index (χ2v) is 4.86. The molecule has 1 unspecified atom stereocenters. The number of hydrogen-bond donors (Lipinski definition) is 0. The maximum Gasteiger partial charge on any atom is 0.0466 e. The average molecular weight is 255 g/mol. The molecular weight excluding hydrogens is 232 g/mol. The summed E-state index contributed by atoms with van der Waals surface area (Å²) in [5.74, 6) is 1.30. The van der Waals surface area contributed by atoms with Crippen molar-refractivity contribution in [2.75, 3.05) is 19.1 Å². The molecule has 2 heteroatoms. The van der Waals surface area contributed by atoms with E-state index in [0.717, 1.165) is 38.4 Å². The first-order valence-corrected chi connectivity index (χ1v) is 6.99. The second-order valence-electron chi connectivity index (χ2n) is 4.55. The lowest BCUT2D eigenvalue weighted by Crippen LogP contribution is -2.08. The van der Waals surface area contributed by atoms with Crippen LogP contribution in [0.15, 0.2) is 24.3 Å². The minimum Gasteiger partial charge on any atom is -0.382 e. The Kier molecular flexibility index (Phi) is 7.30. The van der Waals surface area contributed by atoms with Crippen molar-refractivity contribution in [1.29, 1.82) is 0 Å². The van der Waals surface area contributed by atoms with Crippen LogP contribution in [0.3, 0.4) is 0 Å². The molecule has 0 aliphatic carbocycles. The zero-order chi connectivity index (χ0) is 12.5. The summed E-state index contributed by atoms with van der Waals surface area (Å²) in [5, 5.41) is 0. The molecule has 1 atom stereocenters. The van der Waals surface area contributed by atoms with Crippen molar-refractivity contribution in [3.05, 3.63) is 35.4 Å². The van der Waals surface area contributed by atoms with Gasteiger partial charge in [-0.1, -0.05) is 29.8 Å². The number of rotatable bonds is 8. The van der Waals surface area contributed by atoms with Crippen LogP contribution in [0.1, 0.15) is 30.9 Å². The van der Waals surface area contributed by atoms with Crippen molar-refractivity contribution in [3.63, 3.8) is 0 Å². The van der Waals surface area contributed by atoms with Gasteiger partial charge in [-0.2, -0.15) is 0 Å². The van der Waals surface area contributed by atoms with Gasteiger partial charge < -0.3 is 4.74 Å². The number of aryl methyl sites for hydroxylation is 1.